The van der Waals surface area contributed by atoms with Gasteiger partial charge in [0.25, 0.3) is 0 Å². The molecule has 0 unspecified atom stereocenters. The van der Waals surface area contributed by atoms with Gasteiger partial charge in [0.05, 0.1) is 15.9 Å². The molecule has 0 saturated heterocycles. The molecule has 0 fully saturated rings. The molecule has 36 heavy (non-hydrogen) atoms. The molecule has 0 aliphatic heterocycles. The summed E-state index contributed by atoms with van der Waals surface area (Å²) in [5.41, 5.74) is 6.24. The van der Waals surface area contributed by atoms with Crippen molar-refractivity contribution in [1.29, 1.82) is 0 Å². The molecule has 0 N–H and O–H groups in total. The maximum Gasteiger partial charge on any atom is 0.161 e. The summed E-state index contributed by atoms with van der Waals surface area (Å²) >= 11 is 8.04. The fourth-order valence-corrected chi connectivity index (χ4v) is 6.19. The van der Waals surface area contributed by atoms with Crippen LogP contribution in [0.2, 0.25) is 5.02 Å². The van der Waals surface area contributed by atoms with Crippen LogP contribution < -0.4 is 0 Å². The van der Waals surface area contributed by atoms with Gasteiger partial charge in [-0.1, -0.05) is 103 Å². The number of halogens is 1. The van der Waals surface area contributed by atoms with Crippen LogP contribution in [0.4, 0.5) is 0 Å². The molecular weight excluding hydrogens is 480 g/mol. The van der Waals surface area contributed by atoms with Gasteiger partial charge >= 0.3 is 0 Å². The number of rotatable bonds is 3. The lowest BCUT2D eigenvalue weighted by Crippen LogP contribution is -1.94. The molecule has 170 valence electrons. The van der Waals surface area contributed by atoms with Gasteiger partial charge in [-0.3, -0.25) is 0 Å². The van der Waals surface area contributed by atoms with Crippen LogP contribution in [0.25, 0.3) is 64.8 Å². The van der Waals surface area contributed by atoms with E-state index in [-0.39, 0.29) is 0 Å². The van der Waals surface area contributed by atoms with E-state index < -0.39 is 0 Å². The number of aromatic nitrogens is 2. The van der Waals surface area contributed by atoms with Crippen molar-refractivity contribution >= 4 is 54.0 Å². The Balaban J connectivity index is 1.52. The number of hydrogen-bond acceptors (Lipinski definition) is 3. The van der Waals surface area contributed by atoms with Crippen molar-refractivity contribution in [1.82, 2.24) is 9.97 Å². The molecule has 7 aromatic rings. The molecule has 2 aromatic heterocycles. The summed E-state index contributed by atoms with van der Waals surface area (Å²) in [6, 6.07) is 39.7. The summed E-state index contributed by atoms with van der Waals surface area (Å²) in [5, 5.41) is 4.22. The van der Waals surface area contributed by atoms with Crippen LogP contribution in [0.3, 0.4) is 0 Å². The minimum absolute atomic E-state index is 0.727. The number of benzene rings is 5. The Labute approximate surface area is 217 Å². The SMILES string of the molecule is Clc1cccc(-c2cccc(-c3nc(-c4cccc5ccccc45)nc4c3sc3ccccc34)c2)c1. The fraction of sp³-hybridized carbons (Fsp3) is 0. The largest absolute Gasteiger partial charge is 0.226 e. The van der Waals surface area contributed by atoms with E-state index in [9.17, 15) is 0 Å². The summed E-state index contributed by atoms with van der Waals surface area (Å²) in [6.07, 6.45) is 0. The Morgan fingerprint density at radius 3 is 2.17 bits per heavy atom. The van der Waals surface area contributed by atoms with Crippen LogP contribution in [0.1, 0.15) is 0 Å². The Kier molecular flexibility index (Phi) is 5.05. The van der Waals surface area contributed by atoms with Crippen LogP contribution in [-0.2, 0) is 0 Å². The molecule has 0 saturated carbocycles. The summed E-state index contributed by atoms with van der Waals surface area (Å²) in [4.78, 5) is 10.4. The first-order chi connectivity index (χ1) is 17.7. The average molecular weight is 499 g/mol. The van der Waals surface area contributed by atoms with Crippen molar-refractivity contribution in [2.75, 3.05) is 0 Å². The van der Waals surface area contributed by atoms with Crippen LogP contribution in [0.15, 0.2) is 115 Å². The molecule has 4 heteroatoms. The van der Waals surface area contributed by atoms with Gasteiger partial charge in [0, 0.05) is 26.2 Å². The second kappa shape index (κ2) is 8.56. The lowest BCUT2D eigenvalue weighted by atomic mass is 10.0. The van der Waals surface area contributed by atoms with Crippen molar-refractivity contribution in [2.24, 2.45) is 0 Å². The second-order valence-electron chi connectivity index (χ2n) is 8.79. The lowest BCUT2D eigenvalue weighted by Gasteiger charge is -2.10. The predicted molar refractivity (Wildman–Crippen MR) is 154 cm³/mol. The smallest absolute Gasteiger partial charge is 0.161 e. The van der Waals surface area contributed by atoms with Gasteiger partial charge in [-0.05, 0) is 46.2 Å². The molecule has 2 heterocycles. The molecule has 2 nitrogen and oxygen atoms in total. The van der Waals surface area contributed by atoms with Gasteiger partial charge in [-0.25, -0.2) is 9.97 Å². The van der Waals surface area contributed by atoms with E-state index in [1.54, 1.807) is 11.3 Å². The monoisotopic (exact) mass is 498 g/mol. The zero-order valence-electron chi connectivity index (χ0n) is 19.2. The molecule has 0 aliphatic carbocycles. The molecule has 0 amide bonds. The van der Waals surface area contributed by atoms with E-state index >= 15 is 0 Å². The third-order valence-corrected chi connectivity index (χ3v) is 7.95. The van der Waals surface area contributed by atoms with E-state index in [0.717, 1.165) is 59.8 Å². The van der Waals surface area contributed by atoms with Crippen molar-refractivity contribution < 1.29 is 0 Å². The van der Waals surface area contributed by atoms with Gasteiger partial charge < -0.3 is 0 Å². The molecule has 5 aromatic carbocycles. The normalized spacial score (nSPS) is 11.5. The molecule has 0 atom stereocenters. The quantitative estimate of drug-likeness (QED) is 0.242. The number of nitrogens with zero attached hydrogens (tertiary/aromatic N) is 2. The molecule has 0 spiro atoms. The van der Waals surface area contributed by atoms with Crippen LogP contribution in [0.5, 0.6) is 0 Å². The Morgan fingerprint density at radius 2 is 1.28 bits per heavy atom. The third-order valence-electron chi connectivity index (χ3n) is 6.54. The highest BCUT2D eigenvalue weighted by molar-refractivity contribution is 7.26. The first-order valence-corrected chi connectivity index (χ1v) is 13.0. The van der Waals surface area contributed by atoms with E-state index in [1.165, 1.54) is 10.1 Å². The van der Waals surface area contributed by atoms with Crippen LogP contribution in [-0.4, -0.2) is 9.97 Å². The molecule has 0 aliphatic rings. The molecule has 7 rings (SSSR count). The topological polar surface area (TPSA) is 25.8 Å². The van der Waals surface area contributed by atoms with Crippen molar-refractivity contribution in [3.8, 4) is 33.8 Å². The van der Waals surface area contributed by atoms with Crippen LogP contribution >= 0.6 is 22.9 Å². The zero-order valence-corrected chi connectivity index (χ0v) is 20.7. The first-order valence-electron chi connectivity index (χ1n) is 11.8. The predicted octanol–water partition coefficient (Wildman–Crippen LogP) is 9.65. The summed E-state index contributed by atoms with van der Waals surface area (Å²) in [7, 11) is 0. The maximum atomic E-state index is 6.29. The minimum atomic E-state index is 0.727. The summed E-state index contributed by atoms with van der Waals surface area (Å²) in [6.45, 7) is 0. The van der Waals surface area contributed by atoms with Gasteiger partial charge in [0.15, 0.2) is 5.82 Å². The van der Waals surface area contributed by atoms with Gasteiger partial charge in [0.1, 0.15) is 0 Å². The maximum absolute atomic E-state index is 6.29. The number of fused-ring (bicyclic) bond motifs is 4. The standard InChI is InChI=1S/C32H19ClN2S/c33-24-13-6-11-22(19-24)21-10-5-12-23(18-21)29-31-30(27-15-3-4-17-28(27)36-31)35-32(34-29)26-16-7-9-20-8-1-2-14-25(20)26/h1-19H. The molecular formula is C32H19ClN2S. The van der Waals surface area contributed by atoms with Crippen molar-refractivity contribution in [2.45, 2.75) is 0 Å². The lowest BCUT2D eigenvalue weighted by molar-refractivity contribution is 1.24. The zero-order chi connectivity index (χ0) is 24.1. The molecule has 0 bridgehead atoms. The molecule has 0 radical (unpaired) electrons. The van der Waals surface area contributed by atoms with Gasteiger partial charge in [-0.2, -0.15) is 0 Å². The highest BCUT2D eigenvalue weighted by Crippen LogP contribution is 2.40. The van der Waals surface area contributed by atoms with Gasteiger partial charge in [0.2, 0.25) is 0 Å². The second-order valence-corrected chi connectivity index (χ2v) is 10.3. The van der Waals surface area contributed by atoms with E-state index in [2.05, 4.69) is 97.1 Å². The Morgan fingerprint density at radius 1 is 0.583 bits per heavy atom. The summed E-state index contributed by atoms with van der Waals surface area (Å²) < 4.78 is 2.31. The minimum Gasteiger partial charge on any atom is -0.226 e. The van der Waals surface area contributed by atoms with Crippen molar-refractivity contribution in [3.63, 3.8) is 0 Å². The van der Waals surface area contributed by atoms with E-state index in [1.807, 2.05) is 18.2 Å². The van der Waals surface area contributed by atoms with Gasteiger partial charge in [-0.15, -0.1) is 11.3 Å². The highest BCUT2D eigenvalue weighted by atomic mass is 35.5. The van der Waals surface area contributed by atoms with E-state index in [4.69, 9.17) is 21.6 Å². The highest BCUT2D eigenvalue weighted by Gasteiger charge is 2.18. The first kappa shape index (κ1) is 21.3. The Hall–Kier alpha value is -4.05. The van der Waals surface area contributed by atoms with Crippen molar-refractivity contribution in [3.05, 3.63) is 120 Å². The fourth-order valence-electron chi connectivity index (χ4n) is 4.84. The Bertz CT molecular complexity index is 1920. The number of thiophene rings is 1. The third kappa shape index (κ3) is 3.56. The average Bonchev–Trinajstić information content (AvgIpc) is 3.31. The van der Waals surface area contributed by atoms with E-state index in [0.29, 0.717) is 0 Å². The summed E-state index contributed by atoms with van der Waals surface area (Å²) in [5.74, 6) is 0.742. The number of hydrogen-bond donors (Lipinski definition) is 0. The van der Waals surface area contributed by atoms with Crippen LogP contribution in [0, 0.1) is 0 Å².